The molecule has 0 radical (unpaired) electrons. The van der Waals surface area contributed by atoms with Crippen molar-refractivity contribution in [1.82, 2.24) is 0 Å². The summed E-state index contributed by atoms with van der Waals surface area (Å²) in [6, 6.07) is 10.6. The summed E-state index contributed by atoms with van der Waals surface area (Å²) in [5.74, 6) is -0.843. The van der Waals surface area contributed by atoms with Gasteiger partial charge in [0.25, 0.3) is 0 Å². The molecule has 0 aromatic heterocycles. The number of nitriles is 1. The molecule has 0 saturated carbocycles. The van der Waals surface area contributed by atoms with Crippen molar-refractivity contribution < 1.29 is 13.5 Å². The van der Waals surface area contributed by atoms with Crippen LogP contribution in [0.25, 0.3) is 0 Å². The summed E-state index contributed by atoms with van der Waals surface area (Å²) < 4.78 is 32.2. The van der Waals surface area contributed by atoms with Gasteiger partial charge < -0.3 is 4.74 Å². The van der Waals surface area contributed by atoms with Crippen LogP contribution in [0.4, 0.5) is 8.78 Å². The molecule has 19 heavy (non-hydrogen) atoms. The van der Waals surface area contributed by atoms with E-state index in [4.69, 9.17) is 10.00 Å². The average Bonchev–Trinajstić information content (AvgIpc) is 2.40. The first kappa shape index (κ1) is 13.0. The van der Waals surface area contributed by atoms with Crippen LogP contribution in [0.2, 0.25) is 0 Å². The molecular formula is C15H11F2NO. The molecule has 2 nitrogen and oxygen atoms in total. The van der Waals surface area contributed by atoms with E-state index in [9.17, 15) is 8.78 Å². The Morgan fingerprint density at radius 2 is 1.84 bits per heavy atom. The number of ether oxygens (including phenoxy) is 1. The lowest BCUT2D eigenvalue weighted by Gasteiger charge is -2.10. The fraction of sp³-hybridized carbons (Fsp3) is 0.133. The molecule has 0 unspecified atom stereocenters. The third kappa shape index (κ3) is 2.89. The highest BCUT2D eigenvalue weighted by atomic mass is 19.1. The molecule has 96 valence electrons. The van der Waals surface area contributed by atoms with Crippen molar-refractivity contribution in [3.8, 4) is 11.8 Å². The van der Waals surface area contributed by atoms with Crippen LogP contribution in [-0.2, 0) is 6.61 Å². The van der Waals surface area contributed by atoms with E-state index in [1.807, 2.05) is 6.07 Å². The highest BCUT2D eigenvalue weighted by Crippen LogP contribution is 2.22. The summed E-state index contributed by atoms with van der Waals surface area (Å²) in [6.45, 7) is 1.59. The first-order valence-electron chi connectivity index (χ1n) is 5.68. The van der Waals surface area contributed by atoms with Crippen LogP contribution in [0.3, 0.4) is 0 Å². The Morgan fingerprint density at radius 3 is 2.47 bits per heavy atom. The molecule has 0 amide bonds. The zero-order chi connectivity index (χ0) is 13.8. The molecule has 0 aliphatic heterocycles. The minimum Gasteiger partial charge on any atom is -0.488 e. The number of hydrogen-bond donors (Lipinski definition) is 0. The van der Waals surface area contributed by atoms with Crippen LogP contribution in [0.1, 0.15) is 16.7 Å². The summed E-state index contributed by atoms with van der Waals surface area (Å²) in [5, 5.41) is 8.80. The second-order valence-electron chi connectivity index (χ2n) is 4.08. The van der Waals surface area contributed by atoms with Crippen molar-refractivity contribution in [3.05, 3.63) is 64.7 Å². The third-order valence-electron chi connectivity index (χ3n) is 2.75. The first-order chi connectivity index (χ1) is 9.11. The van der Waals surface area contributed by atoms with Gasteiger partial charge in [0.15, 0.2) is 0 Å². The van der Waals surface area contributed by atoms with Gasteiger partial charge in [0.2, 0.25) is 0 Å². The second kappa shape index (κ2) is 5.49. The minimum atomic E-state index is -0.644. The molecule has 0 N–H and O–H groups in total. The maximum atomic E-state index is 13.4. The quantitative estimate of drug-likeness (QED) is 0.841. The number of nitrogens with zero attached hydrogens (tertiary/aromatic N) is 1. The first-order valence-corrected chi connectivity index (χ1v) is 5.68. The van der Waals surface area contributed by atoms with Crippen molar-refractivity contribution in [2.45, 2.75) is 13.5 Å². The molecule has 0 saturated heterocycles. The van der Waals surface area contributed by atoms with Crippen LogP contribution in [0.5, 0.6) is 5.75 Å². The predicted octanol–water partition coefficient (Wildman–Crippen LogP) is 3.72. The van der Waals surface area contributed by atoms with Gasteiger partial charge in [0.1, 0.15) is 24.0 Å². The average molecular weight is 259 g/mol. The van der Waals surface area contributed by atoms with Crippen LogP contribution in [-0.4, -0.2) is 0 Å². The lowest BCUT2D eigenvalue weighted by Crippen LogP contribution is -2.02. The normalized spacial score (nSPS) is 10.0. The SMILES string of the molecule is Cc1ccc(C#N)cc1OCc1c(F)cccc1F. The number of rotatable bonds is 3. The van der Waals surface area contributed by atoms with E-state index in [1.54, 1.807) is 25.1 Å². The van der Waals surface area contributed by atoms with Crippen molar-refractivity contribution in [2.24, 2.45) is 0 Å². The molecule has 2 rings (SSSR count). The molecule has 2 aromatic rings. The number of aryl methyl sites for hydroxylation is 1. The van der Waals surface area contributed by atoms with Crippen molar-refractivity contribution in [1.29, 1.82) is 5.26 Å². The maximum absolute atomic E-state index is 13.4. The summed E-state index contributed by atoms with van der Waals surface area (Å²) in [6.07, 6.45) is 0. The minimum absolute atomic E-state index is 0.121. The molecule has 0 aliphatic carbocycles. The van der Waals surface area contributed by atoms with E-state index in [2.05, 4.69) is 0 Å². The molecule has 0 spiro atoms. The van der Waals surface area contributed by atoms with Crippen LogP contribution in [0.15, 0.2) is 36.4 Å². The Bertz CT molecular complexity index is 627. The van der Waals surface area contributed by atoms with E-state index < -0.39 is 11.6 Å². The van der Waals surface area contributed by atoms with Crippen molar-refractivity contribution in [3.63, 3.8) is 0 Å². The van der Waals surface area contributed by atoms with Gasteiger partial charge in [-0.25, -0.2) is 8.78 Å². The molecule has 0 atom stereocenters. The second-order valence-corrected chi connectivity index (χ2v) is 4.08. The van der Waals surface area contributed by atoms with Crippen LogP contribution >= 0.6 is 0 Å². The van der Waals surface area contributed by atoms with Crippen molar-refractivity contribution >= 4 is 0 Å². The molecular weight excluding hydrogens is 248 g/mol. The highest BCUT2D eigenvalue weighted by molar-refractivity contribution is 5.41. The van der Waals surface area contributed by atoms with Gasteiger partial charge >= 0.3 is 0 Å². The third-order valence-corrected chi connectivity index (χ3v) is 2.75. The lowest BCUT2D eigenvalue weighted by atomic mass is 10.1. The monoisotopic (exact) mass is 259 g/mol. The number of benzene rings is 2. The maximum Gasteiger partial charge on any atom is 0.132 e. The molecule has 0 aliphatic rings. The summed E-state index contributed by atoms with van der Waals surface area (Å²) >= 11 is 0. The van der Waals surface area contributed by atoms with Crippen molar-refractivity contribution in [2.75, 3.05) is 0 Å². The molecule has 4 heteroatoms. The van der Waals surface area contributed by atoms with Gasteiger partial charge in [-0.1, -0.05) is 12.1 Å². The van der Waals surface area contributed by atoms with Gasteiger partial charge in [-0.3, -0.25) is 0 Å². The number of halogens is 2. The molecule has 0 bridgehead atoms. The molecule has 0 fully saturated rings. The van der Waals surface area contributed by atoms with E-state index >= 15 is 0 Å². The van der Waals surface area contributed by atoms with Crippen LogP contribution in [0, 0.1) is 29.9 Å². The van der Waals surface area contributed by atoms with Crippen LogP contribution < -0.4 is 4.74 Å². The van der Waals surface area contributed by atoms with Gasteiger partial charge in [0, 0.05) is 0 Å². The van der Waals surface area contributed by atoms with E-state index in [0.717, 1.165) is 5.56 Å². The molecule has 0 heterocycles. The molecule has 2 aromatic carbocycles. The summed E-state index contributed by atoms with van der Waals surface area (Å²) in [5.41, 5.74) is 1.12. The summed E-state index contributed by atoms with van der Waals surface area (Å²) in [4.78, 5) is 0. The van der Waals surface area contributed by atoms with E-state index in [0.29, 0.717) is 11.3 Å². The predicted molar refractivity (Wildman–Crippen MR) is 66.6 cm³/mol. The topological polar surface area (TPSA) is 33.0 Å². The van der Waals surface area contributed by atoms with Gasteiger partial charge in [0.05, 0.1) is 17.2 Å². The Labute approximate surface area is 109 Å². The Morgan fingerprint density at radius 1 is 1.16 bits per heavy atom. The van der Waals surface area contributed by atoms with E-state index in [1.165, 1.54) is 18.2 Å². The largest absolute Gasteiger partial charge is 0.488 e. The fourth-order valence-corrected chi connectivity index (χ4v) is 1.65. The van der Waals surface area contributed by atoms with Gasteiger partial charge in [-0.05, 0) is 36.8 Å². The zero-order valence-corrected chi connectivity index (χ0v) is 10.3. The standard InChI is InChI=1S/C15H11F2NO/c1-10-5-6-11(8-18)7-15(10)19-9-12-13(16)3-2-4-14(12)17/h2-7H,9H2,1H3. The Hall–Kier alpha value is -2.41. The fourth-order valence-electron chi connectivity index (χ4n) is 1.65. The number of hydrogen-bond acceptors (Lipinski definition) is 2. The zero-order valence-electron chi connectivity index (χ0n) is 10.3. The smallest absolute Gasteiger partial charge is 0.132 e. The van der Waals surface area contributed by atoms with Gasteiger partial charge in [-0.2, -0.15) is 5.26 Å². The Balaban J connectivity index is 2.22. The van der Waals surface area contributed by atoms with Gasteiger partial charge in [-0.15, -0.1) is 0 Å². The van der Waals surface area contributed by atoms with E-state index in [-0.39, 0.29) is 12.2 Å². The Kier molecular flexibility index (Phi) is 3.76. The summed E-state index contributed by atoms with van der Waals surface area (Å²) in [7, 11) is 0. The lowest BCUT2D eigenvalue weighted by molar-refractivity contribution is 0.290. The highest BCUT2D eigenvalue weighted by Gasteiger charge is 2.10.